The van der Waals surface area contributed by atoms with Gasteiger partial charge in [-0.15, -0.1) is 11.3 Å². The van der Waals surface area contributed by atoms with E-state index in [9.17, 15) is 0 Å². The average Bonchev–Trinajstić information content (AvgIpc) is 2.41. The molecule has 0 aliphatic rings. The van der Waals surface area contributed by atoms with Crippen molar-refractivity contribution in [3.05, 3.63) is 27.6 Å². The summed E-state index contributed by atoms with van der Waals surface area (Å²) in [4.78, 5) is 0. The van der Waals surface area contributed by atoms with Crippen molar-refractivity contribution >= 4 is 50.3 Å². The van der Waals surface area contributed by atoms with Crippen molar-refractivity contribution in [3.8, 4) is 0 Å². The molecule has 62 valence electrons. The largest absolute Gasteiger partial charge is 0.396 e. The fourth-order valence-electron chi connectivity index (χ4n) is 1.06. The maximum atomic E-state index is 5.91. The number of anilines is 1. The highest BCUT2D eigenvalue weighted by Gasteiger charge is 2.06. The molecule has 0 amide bonds. The van der Waals surface area contributed by atoms with Gasteiger partial charge in [-0.3, -0.25) is 0 Å². The van der Waals surface area contributed by atoms with Gasteiger partial charge in [-0.1, -0.05) is 29.3 Å². The predicted octanol–water partition coefficient (Wildman–Crippen LogP) is 3.79. The first-order valence-corrected chi connectivity index (χ1v) is 4.94. The van der Waals surface area contributed by atoms with Gasteiger partial charge in [-0.2, -0.15) is 0 Å². The van der Waals surface area contributed by atoms with E-state index in [1.54, 1.807) is 6.07 Å². The lowest BCUT2D eigenvalue weighted by atomic mass is 10.2. The van der Waals surface area contributed by atoms with E-state index in [2.05, 4.69) is 0 Å². The smallest absolute Gasteiger partial charge is 0.0685 e. The Morgan fingerprint density at radius 2 is 1.92 bits per heavy atom. The number of hydrogen-bond donors (Lipinski definition) is 1. The zero-order valence-corrected chi connectivity index (χ0v) is 8.30. The van der Waals surface area contributed by atoms with Crippen molar-refractivity contribution in [3.63, 3.8) is 0 Å². The van der Waals surface area contributed by atoms with Crippen LogP contribution >= 0.6 is 34.5 Å². The van der Waals surface area contributed by atoms with E-state index in [4.69, 9.17) is 28.9 Å². The third kappa shape index (κ3) is 1.07. The molecule has 2 aromatic rings. The van der Waals surface area contributed by atoms with Crippen LogP contribution in [0.15, 0.2) is 17.5 Å². The zero-order chi connectivity index (χ0) is 8.72. The van der Waals surface area contributed by atoms with E-state index < -0.39 is 0 Å². The van der Waals surface area contributed by atoms with Crippen LogP contribution < -0.4 is 5.73 Å². The molecular weight excluding hydrogens is 213 g/mol. The van der Waals surface area contributed by atoms with Gasteiger partial charge in [0.1, 0.15) is 0 Å². The van der Waals surface area contributed by atoms with Crippen molar-refractivity contribution in [2.45, 2.75) is 0 Å². The summed E-state index contributed by atoms with van der Waals surface area (Å²) in [6, 6.07) is 3.64. The van der Waals surface area contributed by atoms with Crippen LogP contribution in [-0.2, 0) is 0 Å². The van der Waals surface area contributed by atoms with Gasteiger partial charge in [0.15, 0.2) is 0 Å². The first kappa shape index (κ1) is 8.17. The number of rotatable bonds is 0. The summed E-state index contributed by atoms with van der Waals surface area (Å²) < 4.78 is 0.965. The molecule has 0 saturated carbocycles. The third-order valence-corrected chi connectivity index (χ3v) is 3.48. The van der Waals surface area contributed by atoms with Crippen LogP contribution in [0, 0.1) is 0 Å². The summed E-state index contributed by atoms with van der Waals surface area (Å²) in [5.41, 5.74) is 6.37. The molecule has 2 rings (SSSR count). The second-order valence-electron chi connectivity index (χ2n) is 2.42. The van der Waals surface area contributed by atoms with Crippen LogP contribution in [0.25, 0.3) is 10.1 Å². The highest BCUT2D eigenvalue weighted by atomic mass is 35.5. The number of fused-ring (bicyclic) bond motifs is 1. The second-order valence-corrected chi connectivity index (χ2v) is 4.12. The van der Waals surface area contributed by atoms with Crippen LogP contribution in [0.1, 0.15) is 0 Å². The number of benzene rings is 1. The Hall–Kier alpha value is -0.440. The minimum absolute atomic E-state index is 0.584. The second kappa shape index (κ2) is 2.80. The Morgan fingerprint density at radius 1 is 1.17 bits per heavy atom. The molecule has 1 nitrogen and oxygen atoms in total. The first-order chi connectivity index (χ1) is 5.70. The standard InChI is InChI=1S/C8H5Cl2NS/c9-5-2-1-4-6(10)3-12-8(4)7(5)11/h1-3H,11H2. The Bertz CT molecular complexity index is 436. The molecule has 4 heteroatoms. The lowest BCUT2D eigenvalue weighted by molar-refractivity contribution is 1.80. The van der Waals surface area contributed by atoms with Crippen LogP contribution in [-0.4, -0.2) is 0 Å². The van der Waals surface area contributed by atoms with Crippen LogP contribution in [0.3, 0.4) is 0 Å². The summed E-state index contributed by atoms with van der Waals surface area (Å²) in [6.45, 7) is 0. The van der Waals surface area contributed by atoms with Crippen molar-refractivity contribution in [2.75, 3.05) is 5.73 Å². The Morgan fingerprint density at radius 3 is 2.67 bits per heavy atom. The molecule has 0 atom stereocenters. The van der Waals surface area contributed by atoms with E-state index in [0.717, 1.165) is 15.1 Å². The minimum atomic E-state index is 0.584. The molecule has 0 saturated heterocycles. The zero-order valence-electron chi connectivity index (χ0n) is 5.97. The molecule has 12 heavy (non-hydrogen) atoms. The van der Waals surface area contributed by atoms with Gasteiger partial charge in [0, 0.05) is 10.8 Å². The van der Waals surface area contributed by atoms with Gasteiger partial charge in [0.05, 0.1) is 20.4 Å². The molecule has 0 aliphatic heterocycles. The molecule has 0 unspecified atom stereocenters. The molecule has 0 spiro atoms. The van der Waals surface area contributed by atoms with Crippen LogP contribution in [0.5, 0.6) is 0 Å². The van der Waals surface area contributed by atoms with E-state index >= 15 is 0 Å². The van der Waals surface area contributed by atoms with E-state index in [0.29, 0.717) is 10.7 Å². The Labute approximate surface area is 83.7 Å². The molecule has 2 N–H and O–H groups in total. The van der Waals surface area contributed by atoms with Crippen molar-refractivity contribution in [2.24, 2.45) is 0 Å². The maximum absolute atomic E-state index is 5.91. The predicted molar refractivity (Wildman–Crippen MR) is 56.3 cm³/mol. The van der Waals surface area contributed by atoms with E-state index in [1.807, 2.05) is 11.4 Å². The van der Waals surface area contributed by atoms with Gasteiger partial charge in [0.25, 0.3) is 0 Å². The summed E-state index contributed by atoms with van der Waals surface area (Å²) >= 11 is 13.3. The molecular formula is C8H5Cl2NS. The van der Waals surface area contributed by atoms with Crippen molar-refractivity contribution in [1.29, 1.82) is 0 Å². The highest BCUT2D eigenvalue weighted by molar-refractivity contribution is 7.18. The van der Waals surface area contributed by atoms with Crippen molar-refractivity contribution in [1.82, 2.24) is 0 Å². The molecule has 1 heterocycles. The maximum Gasteiger partial charge on any atom is 0.0685 e. The van der Waals surface area contributed by atoms with E-state index in [1.165, 1.54) is 11.3 Å². The van der Waals surface area contributed by atoms with Crippen LogP contribution in [0.2, 0.25) is 10.0 Å². The summed E-state index contributed by atoms with van der Waals surface area (Å²) in [5, 5.41) is 4.15. The number of nitrogen functional groups attached to an aromatic ring is 1. The lowest BCUT2D eigenvalue weighted by Gasteiger charge is -1.98. The number of nitrogens with two attached hydrogens (primary N) is 1. The number of thiophene rings is 1. The molecule has 0 aliphatic carbocycles. The minimum Gasteiger partial charge on any atom is -0.396 e. The lowest BCUT2D eigenvalue weighted by Crippen LogP contribution is -1.84. The summed E-state index contributed by atoms with van der Waals surface area (Å²) in [6.07, 6.45) is 0. The molecule has 0 bridgehead atoms. The quantitative estimate of drug-likeness (QED) is 0.669. The fraction of sp³-hybridized carbons (Fsp3) is 0. The first-order valence-electron chi connectivity index (χ1n) is 3.31. The molecule has 0 fully saturated rings. The SMILES string of the molecule is Nc1c(Cl)ccc2c(Cl)csc12. The molecule has 0 radical (unpaired) electrons. The topological polar surface area (TPSA) is 26.0 Å². The summed E-state index contributed by atoms with van der Waals surface area (Å²) in [7, 11) is 0. The summed E-state index contributed by atoms with van der Waals surface area (Å²) in [5.74, 6) is 0. The number of hydrogen-bond acceptors (Lipinski definition) is 2. The monoisotopic (exact) mass is 217 g/mol. The van der Waals surface area contributed by atoms with Crippen molar-refractivity contribution < 1.29 is 0 Å². The highest BCUT2D eigenvalue weighted by Crippen LogP contribution is 2.37. The number of halogens is 2. The van der Waals surface area contributed by atoms with Gasteiger partial charge >= 0.3 is 0 Å². The van der Waals surface area contributed by atoms with Gasteiger partial charge in [0.2, 0.25) is 0 Å². The van der Waals surface area contributed by atoms with E-state index in [-0.39, 0.29) is 0 Å². The Balaban J connectivity index is 2.93. The fourth-order valence-corrected chi connectivity index (χ4v) is 2.52. The van der Waals surface area contributed by atoms with Crippen LogP contribution in [0.4, 0.5) is 5.69 Å². The molecule has 1 aromatic heterocycles. The Kier molecular flexibility index (Phi) is 1.91. The molecule has 1 aromatic carbocycles. The third-order valence-electron chi connectivity index (χ3n) is 1.68. The average molecular weight is 218 g/mol. The normalized spacial score (nSPS) is 10.8. The van der Waals surface area contributed by atoms with Gasteiger partial charge < -0.3 is 5.73 Å². The van der Waals surface area contributed by atoms with Gasteiger partial charge in [-0.25, -0.2) is 0 Å². The van der Waals surface area contributed by atoms with Gasteiger partial charge in [-0.05, 0) is 6.07 Å².